The van der Waals surface area contributed by atoms with Crippen LogP contribution in [-0.2, 0) is 0 Å². The molecule has 100 valence electrons. The van der Waals surface area contributed by atoms with Gasteiger partial charge in [-0.1, -0.05) is 18.9 Å². The number of hydrogen-bond donors (Lipinski definition) is 1. The van der Waals surface area contributed by atoms with E-state index in [1.165, 1.54) is 31.2 Å². The molecule has 2 N–H and O–H groups in total. The van der Waals surface area contributed by atoms with Gasteiger partial charge in [-0.3, -0.25) is 0 Å². The SMILES string of the molecule is COc1ccc(C(CN)C2CCCC2)c(OC)c1. The third-order valence-corrected chi connectivity index (χ3v) is 4.06. The Hall–Kier alpha value is -1.22. The van der Waals surface area contributed by atoms with Crippen LogP contribution in [-0.4, -0.2) is 20.8 Å². The van der Waals surface area contributed by atoms with E-state index in [9.17, 15) is 0 Å². The predicted octanol–water partition coefficient (Wildman–Crippen LogP) is 2.94. The summed E-state index contributed by atoms with van der Waals surface area (Å²) in [6.07, 6.45) is 5.24. The molecule has 1 saturated carbocycles. The van der Waals surface area contributed by atoms with E-state index in [0.717, 1.165) is 11.5 Å². The summed E-state index contributed by atoms with van der Waals surface area (Å²) in [6, 6.07) is 6.05. The fourth-order valence-electron chi connectivity index (χ4n) is 3.06. The lowest BCUT2D eigenvalue weighted by molar-refractivity contribution is 0.374. The number of hydrogen-bond acceptors (Lipinski definition) is 3. The first-order valence-corrected chi connectivity index (χ1v) is 6.72. The molecule has 18 heavy (non-hydrogen) atoms. The van der Waals surface area contributed by atoms with E-state index in [1.807, 2.05) is 12.1 Å². The van der Waals surface area contributed by atoms with Crippen LogP contribution in [0, 0.1) is 5.92 Å². The molecule has 1 aromatic carbocycles. The minimum absolute atomic E-state index is 0.411. The van der Waals surface area contributed by atoms with Crippen molar-refractivity contribution in [3.8, 4) is 11.5 Å². The fourth-order valence-corrected chi connectivity index (χ4v) is 3.06. The van der Waals surface area contributed by atoms with Crippen molar-refractivity contribution in [3.63, 3.8) is 0 Å². The highest BCUT2D eigenvalue weighted by atomic mass is 16.5. The second kappa shape index (κ2) is 6.10. The predicted molar refractivity (Wildman–Crippen MR) is 73.3 cm³/mol. The summed E-state index contributed by atoms with van der Waals surface area (Å²) in [5.41, 5.74) is 7.22. The lowest BCUT2D eigenvalue weighted by Gasteiger charge is -2.24. The number of nitrogens with two attached hydrogens (primary N) is 1. The van der Waals surface area contributed by atoms with Crippen molar-refractivity contribution in [1.29, 1.82) is 0 Å². The maximum absolute atomic E-state index is 5.99. The highest BCUT2D eigenvalue weighted by Crippen LogP contribution is 2.40. The summed E-state index contributed by atoms with van der Waals surface area (Å²) in [5, 5.41) is 0. The van der Waals surface area contributed by atoms with Crippen LogP contribution in [0.4, 0.5) is 0 Å². The van der Waals surface area contributed by atoms with Gasteiger partial charge in [0.25, 0.3) is 0 Å². The van der Waals surface area contributed by atoms with Crippen molar-refractivity contribution >= 4 is 0 Å². The van der Waals surface area contributed by atoms with Gasteiger partial charge in [-0.2, -0.15) is 0 Å². The smallest absolute Gasteiger partial charge is 0.126 e. The molecular weight excluding hydrogens is 226 g/mol. The number of benzene rings is 1. The van der Waals surface area contributed by atoms with E-state index in [4.69, 9.17) is 15.2 Å². The highest BCUT2D eigenvalue weighted by molar-refractivity contribution is 5.43. The molecule has 3 heteroatoms. The van der Waals surface area contributed by atoms with Gasteiger partial charge in [0.05, 0.1) is 14.2 Å². The molecule has 1 atom stereocenters. The minimum Gasteiger partial charge on any atom is -0.497 e. The Morgan fingerprint density at radius 3 is 2.50 bits per heavy atom. The van der Waals surface area contributed by atoms with Gasteiger partial charge in [0, 0.05) is 12.0 Å². The molecule has 0 spiro atoms. The van der Waals surface area contributed by atoms with Gasteiger partial charge in [-0.25, -0.2) is 0 Å². The Morgan fingerprint density at radius 1 is 1.22 bits per heavy atom. The second-order valence-corrected chi connectivity index (χ2v) is 4.99. The van der Waals surface area contributed by atoms with Crippen molar-refractivity contribution in [2.75, 3.05) is 20.8 Å². The van der Waals surface area contributed by atoms with Crippen LogP contribution in [0.25, 0.3) is 0 Å². The van der Waals surface area contributed by atoms with Crippen molar-refractivity contribution in [2.24, 2.45) is 11.7 Å². The van der Waals surface area contributed by atoms with Crippen LogP contribution >= 0.6 is 0 Å². The van der Waals surface area contributed by atoms with Crippen LogP contribution in [0.15, 0.2) is 18.2 Å². The standard InChI is InChI=1S/C15H23NO2/c1-17-12-7-8-13(15(9-12)18-2)14(10-16)11-5-3-4-6-11/h7-9,11,14H,3-6,10,16H2,1-2H3. The zero-order valence-electron chi connectivity index (χ0n) is 11.3. The van der Waals surface area contributed by atoms with Gasteiger partial charge < -0.3 is 15.2 Å². The van der Waals surface area contributed by atoms with E-state index in [1.54, 1.807) is 14.2 Å². The van der Waals surface area contributed by atoms with Crippen LogP contribution in [0.2, 0.25) is 0 Å². The molecule has 3 nitrogen and oxygen atoms in total. The topological polar surface area (TPSA) is 44.5 Å². The second-order valence-electron chi connectivity index (χ2n) is 4.99. The van der Waals surface area contributed by atoms with E-state index in [2.05, 4.69) is 6.07 Å². The molecule has 0 amide bonds. The third kappa shape index (κ3) is 2.61. The van der Waals surface area contributed by atoms with Crippen molar-refractivity contribution in [3.05, 3.63) is 23.8 Å². The Kier molecular flexibility index (Phi) is 4.48. The van der Waals surface area contributed by atoms with Crippen LogP contribution < -0.4 is 15.2 Å². The summed E-state index contributed by atoms with van der Waals surface area (Å²) < 4.78 is 10.7. The van der Waals surface area contributed by atoms with Gasteiger partial charge in [0.1, 0.15) is 11.5 Å². The van der Waals surface area contributed by atoms with E-state index in [0.29, 0.717) is 18.4 Å². The Labute approximate surface area is 109 Å². The molecule has 0 radical (unpaired) electrons. The van der Waals surface area contributed by atoms with Gasteiger partial charge in [-0.15, -0.1) is 0 Å². The summed E-state index contributed by atoms with van der Waals surface area (Å²) in [6.45, 7) is 0.688. The monoisotopic (exact) mass is 249 g/mol. The van der Waals surface area contributed by atoms with E-state index < -0.39 is 0 Å². The molecule has 0 aromatic heterocycles. The van der Waals surface area contributed by atoms with Crippen molar-refractivity contribution in [2.45, 2.75) is 31.6 Å². The molecule has 1 aliphatic rings. The van der Waals surface area contributed by atoms with Crippen LogP contribution in [0.1, 0.15) is 37.2 Å². The number of methoxy groups -OCH3 is 2. The third-order valence-electron chi connectivity index (χ3n) is 4.06. The van der Waals surface area contributed by atoms with Gasteiger partial charge in [0.15, 0.2) is 0 Å². The molecular formula is C15H23NO2. The fraction of sp³-hybridized carbons (Fsp3) is 0.600. The first-order chi connectivity index (χ1) is 8.80. The van der Waals surface area contributed by atoms with E-state index in [-0.39, 0.29) is 0 Å². The molecule has 0 bridgehead atoms. The first-order valence-electron chi connectivity index (χ1n) is 6.72. The van der Waals surface area contributed by atoms with E-state index >= 15 is 0 Å². The molecule has 0 aliphatic heterocycles. The number of rotatable bonds is 5. The molecule has 0 heterocycles. The molecule has 0 saturated heterocycles. The molecule has 1 unspecified atom stereocenters. The molecule has 1 aliphatic carbocycles. The summed E-state index contributed by atoms with van der Waals surface area (Å²) in [5.74, 6) is 2.85. The molecule has 1 aromatic rings. The lowest BCUT2D eigenvalue weighted by Crippen LogP contribution is -2.20. The average molecular weight is 249 g/mol. The maximum Gasteiger partial charge on any atom is 0.126 e. The van der Waals surface area contributed by atoms with Gasteiger partial charge in [-0.05, 0) is 36.9 Å². The minimum atomic E-state index is 0.411. The Balaban J connectivity index is 2.28. The van der Waals surface area contributed by atoms with Crippen molar-refractivity contribution in [1.82, 2.24) is 0 Å². The molecule has 1 fully saturated rings. The Bertz CT molecular complexity index is 386. The van der Waals surface area contributed by atoms with Gasteiger partial charge >= 0.3 is 0 Å². The first kappa shape index (κ1) is 13.2. The Morgan fingerprint density at radius 2 is 1.94 bits per heavy atom. The average Bonchev–Trinajstić information content (AvgIpc) is 2.94. The summed E-state index contributed by atoms with van der Waals surface area (Å²) >= 11 is 0. The normalized spacial score (nSPS) is 17.7. The van der Waals surface area contributed by atoms with Gasteiger partial charge in [0.2, 0.25) is 0 Å². The zero-order valence-corrected chi connectivity index (χ0v) is 11.3. The largest absolute Gasteiger partial charge is 0.497 e. The summed E-state index contributed by atoms with van der Waals surface area (Å²) in [7, 11) is 3.38. The quantitative estimate of drug-likeness (QED) is 0.872. The maximum atomic E-state index is 5.99. The number of ether oxygens (including phenoxy) is 2. The van der Waals surface area contributed by atoms with Crippen LogP contribution in [0.5, 0.6) is 11.5 Å². The summed E-state index contributed by atoms with van der Waals surface area (Å²) in [4.78, 5) is 0. The van der Waals surface area contributed by atoms with Crippen LogP contribution in [0.3, 0.4) is 0 Å². The zero-order chi connectivity index (χ0) is 13.0. The molecule has 2 rings (SSSR count). The lowest BCUT2D eigenvalue weighted by atomic mass is 9.84. The highest BCUT2D eigenvalue weighted by Gasteiger charge is 2.27. The van der Waals surface area contributed by atoms with Crippen molar-refractivity contribution < 1.29 is 9.47 Å².